The van der Waals surface area contributed by atoms with E-state index in [0.717, 1.165) is 5.69 Å². The molecule has 1 aromatic heterocycles. The summed E-state index contributed by atoms with van der Waals surface area (Å²) in [5.41, 5.74) is 1.71. The molecule has 6 nitrogen and oxygen atoms in total. The van der Waals surface area contributed by atoms with Crippen LogP contribution in [0.3, 0.4) is 0 Å². The van der Waals surface area contributed by atoms with Crippen LogP contribution < -0.4 is 5.32 Å². The molecule has 2 heterocycles. The van der Waals surface area contributed by atoms with Crippen LogP contribution in [-0.2, 0) is 4.74 Å². The van der Waals surface area contributed by atoms with Crippen LogP contribution in [0.2, 0.25) is 0 Å². The van der Waals surface area contributed by atoms with E-state index in [2.05, 4.69) is 5.32 Å². The first-order valence-electron chi connectivity index (χ1n) is 6.84. The number of methoxy groups -OCH3 is 1. The maximum atomic E-state index is 12.4. The van der Waals surface area contributed by atoms with Crippen LogP contribution in [0.4, 0.5) is 5.69 Å². The number of nitrogens with one attached hydrogen (secondary N) is 1. The van der Waals surface area contributed by atoms with Gasteiger partial charge in [-0.25, -0.2) is 4.79 Å². The highest BCUT2D eigenvalue weighted by Gasteiger charge is 2.33. The van der Waals surface area contributed by atoms with Crippen molar-refractivity contribution in [2.45, 2.75) is 13.1 Å². The molecule has 0 saturated heterocycles. The van der Waals surface area contributed by atoms with E-state index < -0.39 is 12.1 Å². The van der Waals surface area contributed by atoms with Gasteiger partial charge < -0.3 is 19.4 Å². The van der Waals surface area contributed by atoms with E-state index in [4.69, 9.17) is 9.15 Å². The fraction of sp³-hybridized carbons (Fsp3) is 0.250. The molecule has 2 aromatic rings. The largest absolute Gasteiger partial charge is 0.465 e. The van der Waals surface area contributed by atoms with Crippen LogP contribution in [0.5, 0.6) is 0 Å². The fourth-order valence-electron chi connectivity index (χ4n) is 2.56. The molecule has 22 heavy (non-hydrogen) atoms. The minimum atomic E-state index is -0.473. The minimum absolute atomic E-state index is 0.104. The van der Waals surface area contributed by atoms with E-state index in [-0.39, 0.29) is 5.91 Å². The molecule has 1 aromatic carbocycles. The molecule has 6 heteroatoms. The number of carbonyl (C=O) groups is 2. The Bertz CT molecular complexity index is 750. The van der Waals surface area contributed by atoms with Gasteiger partial charge in [0.25, 0.3) is 5.91 Å². The van der Waals surface area contributed by atoms with Crippen molar-refractivity contribution in [3.05, 3.63) is 53.0 Å². The number of hydrogen-bond acceptors (Lipinski definition) is 5. The van der Waals surface area contributed by atoms with Crippen molar-refractivity contribution in [3.8, 4) is 0 Å². The number of aryl methyl sites for hydroxylation is 1. The summed E-state index contributed by atoms with van der Waals surface area (Å²) in [7, 11) is 3.00. The van der Waals surface area contributed by atoms with Crippen LogP contribution in [0.15, 0.2) is 34.7 Å². The number of furan rings is 1. The van der Waals surface area contributed by atoms with Gasteiger partial charge in [0.05, 0.1) is 12.7 Å². The van der Waals surface area contributed by atoms with Crippen molar-refractivity contribution in [1.82, 2.24) is 4.90 Å². The number of ether oxygens (including phenoxy) is 1. The molecule has 3 rings (SSSR count). The summed E-state index contributed by atoms with van der Waals surface area (Å²) in [5, 5.41) is 3.25. The fourth-order valence-corrected chi connectivity index (χ4v) is 2.56. The number of benzene rings is 1. The summed E-state index contributed by atoms with van der Waals surface area (Å²) in [6.45, 7) is 1.69. The molecule has 0 aliphatic carbocycles. The van der Waals surface area contributed by atoms with Crippen molar-refractivity contribution in [3.63, 3.8) is 0 Å². The molecule has 1 aliphatic rings. The highest BCUT2D eigenvalue weighted by Crippen LogP contribution is 2.33. The summed E-state index contributed by atoms with van der Waals surface area (Å²) in [6, 6.07) is 8.89. The van der Waals surface area contributed by atoms with E-state index >= 15 is 0 Å². The SMILES string of the molecule is COC(=O)c1cc([C@H]2Nc3ccccc3C(=O)N2C)oc1C. The maximum absolute atomic E-state index is 12.4. The predicted molar refractivity (Wildman–Crippen MR) is 79.7 cm³/mol. The molecule has 1 aliphatic heterocycles. The third-order valence-electron chi connectivity index (χ3n) is 3.77. The lowest BCUT2D eigenvalue weighted by atomic mass is 10.1. The van der Waals surface area contributed by atoms with Gasteiger partial charge in [-0.05, 0) is 25.1 Å². The Morgan fingerprint density at radius 3 is 2.82 bits per heavy atom. The first-order chi connectivity index (χ1) is 10.5. The molecule has 1 atom stereocenters. The van der Waals surface area contributed by atoms with E-state index in [9.17, 15) is 9.59 Å². The van der Waals surface area contributed by atoms with E-state index in [0.29, 0.717) is 22.6 Å². The average molecular weight is 300 g/mol. The van der Waals surface area contributed by atoms with Crippen LogP contribution in [0.25, 0.3) is 0 Å². The molecule has 0 bridgehead atoms. The molecule has 114 valence electrons. The van der Waals surface area contributed by atoms with Crippen molar-refractivity contribution in [2.24, 2.45) is 0 Å². The number of rotatable bonds is 2. The Morgan fingerprint density at radius 1 is 1.36 bits per heavy atom. The molecule has 0 spiro atoms. The number of hydrogen-bond donors (Lipinski definition) is 1. The van der Waals surface area contributed by atoms with Crippen molar-refractivity contribution in [2.75, 3.05) is 19.5 Å². The second kappa shape index (κ2) is 5.22. The van der Waals surface area contributed by atoms with Crippen molar-refractivity contribution < 1.29 is 18.7 Å². The third kappa shape index (κ3) is 2.13. The second-order valence-electron chi connectivity index (χ2n) is 5.12. The monoisotopic (exact) mass is 300 g/mol. The number of anilines is 1. The Hall–Kier alpha value is -2.76. The number of esters is 1. The van der Waals surface area contributed by atoms with Crippen molar-refractivity contribution in [1.29, 1.82) is 0 Å². The van der Waals surface area contributed by atoms with Gasteiger partial charge in [0, 0.05) is 12.7 Å². The first-order valence-corrected chi connectivity index (χ1v) is 6.84. The Kier molecular flexibility index (Phi) is 3.36. The van der Waals surface area contributed by atoms with Crippen LogP contribution in [0, 0.1) is 6.92 Å². The predicted octanol–water partition coefficient (Wildman–Crippen LogP) is 2.57. The highest BCUT2D eigenvalue weighted by atomic mass is 16.5. The maximum Gasteiger partial charge on any atom is 0.341 e. The number of carbonyl (C=O) groups excluding carboxylic acids is 2. The quantitative estimate of drug-likeness (QED) is 0.863. The normalized spacial score (nSPS) is 17.0. The minimum Gasteiger partial charge on any atom is -0.465 e. The van der Waals surface area contributed by atoms with Gasteiger partial charge in [-0.1, -0.05) is 12.1 Å². The zero-order valence-corrected chi connectivity index (χ0v) is 12.5. The lowest BCUT2D eigenvalue weighted by Crippen LogP contribution is -2.39. The first kappa shape index (κ1) is 14.2. The zero-order chi connectivity index (χ0) is 15.9. The van der Waals surface area contributed by atoms with E-state index in [1.54, 1.807) is 31.0 Å². The summed E-state index contributed by atoms with van der Waals surface area (Å²) >= 11 is 0. The molecule has 1 amide bonds. The van der Waals surface area contributed by atoms with Crippen LogP contribution in [0.1, 0.15) is 38.4 Å². The summed E-state index contributed by atoms with van der Waals surface area (Å²) in [5.74, 6) is 0.386. The molecule has 0 radical (unpaired) electrons. The van der Waals surface area contributed by atoms with Gasteiger partial charge in [0.1, 0.15) is 17.1 Å². The molecular formula is C16H16N2O4. The zero-order valence-electron chi connectivity index (χ0n) is 12.5. The smallest absolute Gasteiger partial charge is 0.341 e. The topological polar surface area (TPSA) is 71.8 Å². The van der Waals surface area contributed by atoms with Crippen molar-refractivity contribution >= 4 is 17.6 Å². The van der Waals surface area contributed by atoms with Gasteiger partial charge in [-0.2, -0.15) is 0 Å². The third-order valence-corrected chi connectivity index (χ3v) is 3.77. The van der Waals surface area contributed by atoms with E-state index in [1.807, 2.05) is 18.2 Å². The summed E-state index contributed by atoms with van der Waals surface area (Å²) in [6.07, 6.45) is -0.473. The highest BCUT2D eigenvalue weighted by molar-refractivity contribution is 6.01. The molecule has 0 saturated carbocycles. The molecule has 1 N–H and O–H groups in total. The number of nitrogens with zero attached hydrogens (tertiary/aromatic N) is 1. The van der Waals surface area contributed by atoms with Gasteiger partial charge in [-0.15, -0.1) is 0 Å². The van der Waals surface area contributed by atoms with Crippen LogP contribution >= 0.6 is 0 Å². The average Bonchev–Trinajstić information content (AvgIpc) is 2.91. The Labute approximate surface area is 127 Å². The van der Waals surface area contributed by atoms with E-state index in [1.165, 1.54) is 7.11 Å². The van der Waals surface area contributed by atoms with Gasteiger partial charge in [0.15, 0.2) is 6.17 Å². The van der Waals surface area contributed by atoms with Gasteiger partial charge >= 0.3 is 5.97 Å². The second-order valence-corrected chi connectivity index (χ2v) is 5.12. The summed E-state index contributed by atoms with van der Waals surface area (Å²) in [4.78, 5) is 25.7. The molecule has 0 unspecified atom stereocenters. The number of amides is 1. The standard InChI is InChI=1S/C16H16N2O4/c1-9-11(16(20)21-3)8-13(22-9)14-17-12-7-5-4-6-10(12)15(19)18(14)2/h4-8,14,17H,1-3H3/t14-/m0/s1. The number of para-hydroxylation sites is 1. The molecule has 0 fully saturated rings. The van der Waals surface area contributed by atoms with Crippen LogP contribution in [-0.4, -0.2) is 30.9 Å². The molecular weight excluding hydrogens is 284 g/mol. The van der Waals surface area contributed by atoms with Gasteiger partial charge in [0.2, 0.25) is 0 Å². The summed E-state index contributed by atoms with van der Waals surface area (Å²) < 4.78 is 10.4. The number of fused-ring (bicyclic) bond motifs is 1. The lowest BCUT2D eigenvalue weighted by Gasteiger charge is -2.33. The lowest BCUT2D eigenvalue weighted by molar-refractivity contribution is 0.0598. The van der Waals surface area contributed by atoms with Gasteiger partial charge in [-0.3, -0.25) is 4.79 Å². The Balaban J connectivity index is 2.00. The Morgan fingerprint density at radius 2 is 2.09 bits per heavy atom.